The number of carbonyl (C=O) groups is 1. The number of thiazole rings is 1. The van der Waals surface area contributed by atoms with Crippen molar-refractivity contribution in [1.29, 1.82) is 5.26 Å². The van der Waals surface area contributed by atoms with Gasteiger partial charge in [-0.05, 0) is 24.3 Å². The zero-order valence-electron chi connectivity index (χ0n) is 11.6. The van der Waals surface area contributed by atoms with Crippen molar-refractivity contribution in [2.45, 2.75) is 4.90 Å². The van der Waals surface area contributed by atoms with Crippen LogP contribution in [0, 0.1) is 11.3 Å². The van der Waals surface area contributed by atoms with Crippen molar-refractivity contribution < 1.29 is 13.2 Å². The number of nitrogens with one attached hydrogen (secondary N) is 2. The third-order valence-corrected chi connectivity index (χ3v) is 4.21. The van der Waals surface area contributed by atoms with Gasteiger partial charge in [0.05, 0.1) is 4.90 Å². The van der Waals surface area contributed by atoms with E-state index in [4.69, 9.17) is 10.4 Å². The highest BCUT2D eigenvalue weighted by Gasteiger charge is 2.11. The van der Waals surface area contributed by atoms with Gasteiger partial charge in [-0.2, -0.15) is 5.26 Å². The molecule has 118 valence electrons. The maximum atomic E-state index is 12.0. The third-order valence-electron chi connectivity index (χ3n) is 2.58. The molecule has 4 N–H and O–H groups in total. The molecule has 0 spiro atoms. The summed E-state index contributed by atoms with van der Waals surface area (Å²) < 4.78 is 22.3. The van der Waals surface area contributed by atoms with Gasteiger partial charge in [0.2, 0.25) is 10.0 Å². The van der Waals surface area contributed by atoms with Gasteiger partial charge in [0.25, 0.3) is 5.91 Å². The van der Waals surface area contributed by atoms with E-state index in [2.05, 4.69) is 15.6 Å². The molecule has 0 atom stereocenters. The fourth-order valence-electron chi connectivity index (χ4n) is 1.50. The molecule has 0 saturated heterocycles. The van der Waals surface area contributed by atoms with E-state index in [1.54, 1.807) is 17.6 Å². The number of rotatable bonds is 5. The van der Waals surface area contributed by atoms with Gasteiger partial charge in [-0.15, -0.1) is 11.3 Å². The lowest BCUT2D eigenvalue weighted by Gasteiger charge is -2.05. The lowest BCUT2D eigenvalue weighted by Crippen LogP contribution is -2.15. The van der Waals surface area contributed by atoms with Gasteiger partial charge in [0, 0.05) is 23.5 Å². The minimum Gasteiger partial charge on any atom is -0.337 e. The van der Waals surface area contributed by atoms with Crippen molar-refractivity contribution in [1.82, 2.24) is 4.98 Å². The quantitative estimate of drug-likeness (QED) is 0.548. The van der Waals surface area contributed by atoms with E-state index in [0.717, 1.165) is 0 Å². The Hall–Kier alpha value is -2.74. The number of benzene rings is 1. The molecule has 1 aromatic carbocycles. The first-order valence-electron chi connectivity index (χ1n) is 6.10. The predicted octanol–water partition coefficient (Wildman–Crippen LogP) is 1.25. The van der Waals surface area contributed by atoms with E-state index < -0.39 is 15.9 Å². The third kappa shape index (κ3) is 4.62. The number of primary sulfonamides is 1. The molecule has 0 aliphatic carbocycles. The first-order valence-corrected chi connectivity index (χ1v) is 8.53. The van der Waals surface area contributed by atoms with Crippen LogP contribution in [0.15, 0.2) is 52.5 Å². The summed E-state index contributed by atoms with van der Waals surface area (Å²) >= 11 is 1.32. The molecule has 0 fully saturated rings. The molecule has 0 radical (unpaired) electrons. The van der Waals surface area contributed by atoms with Crippen molar-refractivity contribution in [2.75, 3.05) is 10.6 Å². The van der Waals surface area contributed by atoms with Gasteiger partial charge in [-0.25, -0.2) is 18.5 Å². The Morgan fingerprint density at radius 1 is 1.35 bits per heavy atom. The van der Waals surface area contributed by atoms with Gasteiger partial charge in [-0.3, -0.25) is 4.79 Å². The minimum atomic E-state index is -3.79. The number of nitriles is 1. The van der Waals surface area contributed by atoms with Crippen LogP contribution < -0.4 is 15.8 Å². The average molecular weight is 349 g/mol. The van der Waals surface area contributed by atoms with Gasteiger partial charge in [-0.1, -0.05) is 0 Å². The van der Waals surface area contributed by atoms with Crippen LogP contribution in [0.4, 0.5) is 10.8 Å². The fourth-order valence-corrected chi connectivity index (χ4v) is 2.52. The lowest BCUT2D eigenvalue weighted by atomic mass is 10.2. The van der Waals surface area contributed by atoms with Crippen LogP contribution in [-0.2, 0) is 14.8 Å². The second-order valence-corrected chi connectivity index (χ2v) is 6.63. The highest BCUT2D eigenvalue weighted by molar-refractivity contribution is 7.89. The summed E-state index contributed by atoms with van der Waals surface area (Å²) in [5.74, 6) is -0.639. The molecule has 2 aromatic rings. The Morgan fingerprint density at radius 2 is 2.04 bits per heavy atom. The smallest absolute Gasteiger partial charge is 0.267 e. The number of sulfonamides is 1. The molecule has 1 aromatic heterocycles. The Morgan fingerprint density at radius 3 is 2.57 bits per heavy atom. The number of anilines is 2. The van der Waals surface area contributed by atoms with E-state index in [1.165, 1.54) is 41.8 Å². The lowest BCUT2D eigenvalue weighted by molar-refractivity contribution is -0.112. The molecule has 1 amide bonds. The van der Waals surface area contributed by atoms with Crippen molar-refractivity contribution in [3.63, 3.8) is 0 Å². The second kappa shape index (κ2) is 7.01. The summed E-state index contributed by atoms with van der Waals surface area (Å²) in [6.45, 7) is 0. The first kappa shape index (κ1) is 16.6. The molecule has 0 unspecified atom stereocenters. The topological polar surface area (TPSA) is 138 Å². The van der Waals surface area contributed by atoms with E-state index >= 15 is 0 Å². The largest absolute Gasteiger partial charge is 0.337 e. The summed E-state index contributed by atoms with van der Waals surface area (Å²) in [5.41, 5.74) is 0.175. The second-order valence-electron chi connectivity index (χ2n) is 4.17. The molecule has 10 heteroatoms. The predicted molar refractivity (Wildman–Crippen MR) is 85.9 cm³/mol. The Bertz CT molecular complexity index is 865. The molecule has 0 bridgehead atoms. The van der Waals surface area contributed by atoms with Crippen LogP contribution in [0.3, 0.4) is 0 Å². The zero-order chi connectivity index (χ0) is 16.9. The van der Waals surface area contributed by atoms with Crippen LogP contribution in [0.25, 0.3) is 0 Å². The highest BCUT2D eigenvalue weighted by Crippen LogP contribution is 2.14. The number of hydrogen-bond donors (Lipinski definition) is 3. The molecule has 0 aliphatic rings. The maximum Gasteiger partial charge on any atom is 0.267 e. The van der Waals surface area contributed by atoms with Crippen LogP contribution >= 0.6 is 11.3 Å². The average Bonchev–Trinajstić information content (AvgIpc) is 3.01. The SMILES string of the molecule is N#C/C(=C/Nc1nccs1)C(=O)Nc1ccc(S(N)(=O)=O)cc1. The molecule has 0 aliphatic heterocycles. The standard InChI is InChI=1S/C13H11N5O3S2/c14-7-9(8-17-13-16-5-6-22-13)12(19)18-10-1-3-11(4-2-10)23(15,20)21/h1-6,8H,(H,16,17)(H,18,19)(H2,15,20,21)/b9-8-. The summed E-state index contributed by atoms with van der Waals surface area (Å²) in [7, 11) is -3.79. The zero-order valence-corrected chi connectivity index (χ0v) is 13.2. The minimum absolute atomic E-state index is 0.0722. The first-order chi connectivity index (χ1) is 10.9. The molecule has 0 saturated carbocycles. The van der Waals surface area contributed by atoms with Crippen molar-refractivity contribution >= 4 is 38.1 Å². The number of carbonyl (C=O) groups excluding carboxylic acids is 1. The molecule has 8 nitrogen and oxygen atoms in total. The summed E-state index contributed by atoms with van der Waals surface area (Å²) in [6.07, 6.45) is 2.83. The van der Waals surface area contributed by atoms with Crippen molar-refractivity contribution in [3.05, 3.63) is 47.6 Å². The van der Waals surface area contributed by atoms with Gasteiger partial charge in [0.1, 0.15) is 11.6 Å². The normalized spacial score (nSPS) is 11.6. The van der Waals surface area contributed by atoms with Gasteiger partial charge >= 0.3 is 0 Å². The van der Waals surface area contributed by atoms with E-state index in [0.29, 0.717) is 10.8 Å². The van der Waals surface area contributed by atoms with E-state index in [-0.39, 0.29) is 10.5 Å². The Balaban J connectivity index is 2.07. The van der Waals surface area contributed by atoms with Crippen molar-refractivity contribution in [2.24, 2.45) is 5.14 Å². The number of nitrogens with two attached hydrogens (primary N) is 1. The molecule has 23 heavy (non-hydrogen) atoms. The molecule has 2 rings (SSSR count). The monoisotopic (exact) mass is 349 g/mol. The fraction of sp³-hybridized carbons (Fsp3) is 0. The summed E-state index contributed by atoms with van der Waals surface area (Å²) in [6, 6.07) is 7.04. The Kier molecular flexibility index (Phi) is 5.07. The highest BCUT2D eigenvalue weighted by atomic mass is 32.2. The Labute approximate surface area is 136 Å². The summed E-state index contributed by atoms with van der Waals surface area (Å²) in [4.78, 5) is 15.9. The number of hydrogen-bond acceptors (Lipinski definition) is 7. The maximum absolute atomic E-state index is 12.0. The van der Waals surface area contributed by atoms with Crippen LogP contribution in [0.5, 0.6) is 0 Å². The van der Waals surface area contributed by atoms with Crippen molar-refractivity contribution in [3.8, 4) is 6.07 Å². The molecular formula is C13H11N5O3S2. The van der Waals surface area contributed by atoms with Crippen LogP contribution in [0.1, 0.15) is 0 Å². The van der Waals surface area contributed by atoms with Crippen LogP contribution in [-0.4, -0.2) is 19.3 Å². The van der Waals surface area contributed by atoms with Gasteiger partial charge in [0.15, 0.2) is 5.13 Å². The van der Waals surface area contributed by atoms with E-state index in [9.17, 15) is 13.2 Å². The molecular weight excluding hydrogens is 338 g/mol. The van der Waals surface area contributed by atoms with Gasteiger partial charge < -0.3 is 10.6 Å². The van der Waals surface area contributed by atoms with Crippen LogP contribution in [0.2, 0.25) is 0 Å². The number of aromatic nitrogens is 1. The molecule has 1 heterocycles. The number of amides is 1. The summed E-state index contributed by atoms with van der Waals surface area (Å²) in [5, 5.41) is 21.5. The number of nitrogens with zero attached hydrogens (tertiary/aromatic N) is 2. The van der Waals surface area contributed by atoms with E-state index in [1.807, 2.05) is 0 Å².